The Morgan fingerprint density at radius 2 is 1.63 bits per heavy atom. The molecule has 1 rings (SSSR count). The van der Waals surface area contributed by atoms with Crippen LogP contribution in [0.3, 0.4) is 0 Å². The van der Waals surface area contributed by atoms with Crippen LogP contribution >= 0.6 is 0 Å². The molecule has 0 spiro atoms. The van der Waals surface area contributed by atoms with Crippen LogP contribution in [-0.4, -0.2) is 33.5 Å². The molecular weight excluding hydrogens is 244 g/mol. The lowest BCUT2D eigenvalue weighted by Crippen LogP contribution is -2.33. The van der Waals surface area contributed by atoms with Crippen molar-refractivity contribution in [1.82, 2.24) is 0 Å². The first-order chi connectivity index (χ1) is 9.11. The molecule has 0 radical (unpaired) electrons. The molecule has 2 unspecified atom stereocenters. The van der Waals surface area contributed by atoms with E-state index >= 15 is 0 Å². The number of rotatable bonds is 9. The van der Waals surface area contributed by atoms with Crippen molar-refractivity contribution < 1.29 is 20.1 Å². The quantitative estimate of drug-likeness (QED) is 0.597. The molecule has 106 valence electrons. The first-order valence-electron chi connectivity index (χ1n) is 6.74. The molecule has 0 amide bonds. The smallest absolute Gasteiger partial charge is 0.335 e. The summed E-state index contributed by atoms with van der Waals surface area (Å²) in [6.07, 6.45) is 2.36. The minimum absolute atomic E-state index is 0.332. The average Bonchev–Trinajstić information content (AvgIpc) is 2.42. The molecule has 0 heterocycles. The highest BCUT2D eigenvalue weighted by atomic mass is 16.4. The average molecular weight is 266 g/mol. The van der Waals surface area contributed by atoms with E-state index in [4.69, 9.17) is 10.2 Å². The maximum atomic E-state index is 10.4. The molecule has 1 aromatic carbocycles. The number of unbranched alkanes of at least 4 members (excludes halogenated alkanes) is 3. The Kier molecular flexibility index (Phi) is 7.15. The van der Waals surface area contributed by atoms with Crippen LogP contribution in [0.4, 0.5) is 0 Å². The molecule has 0 aliphatic rings. The summed E-state index contributed by atoms with van der Waals surface area (Å²) in [5, 5.41) is 27.0. The molecule has 1 aromatic rings. The summed E-state index contributed by atoms with van der Waals surface area (Å²) in [6, 6.07) is 10.3. The Bertz CT molecular complexity index is 364. The van der Waals surface area contributed by atoms with Crippen LogP contribution in [0.25, 0.3) is 0 Å². The van der Waals surface area contributed by atoms with Crippen molar-refractivity contribution in [2.75, 3.05) is 0 Å². The Hall–Kier alpha value is -1.39. The van der Waals surface area contributed by atoms with E-state index in [9.17, 15) is 9.90 Å². The summed E-state index contributed by atoms with van der Waals surface area (Å²) in [6.45, 7) is 0. The van der Waals surface area contributed by atoms with Gasteiger partial charge in [-0.1, -0.05) is 49.6 Å². The first kappa shape index (κ1) is 15.7. The number of aliphatic hydroxyl groups excluding tert-OH is 2. The van der Waals surface area contributed by atoms with Gasteiger partial charge in [0.2, 0.25) is 0 Å². The number of carboxylic acids is 1. The van der Waals surface area contributed by atoms with Crippen LogP contribution in [-0.2, 0) is 11.2 Å². The minimum Gasteiger partial charge on any atom is -0.479 e. The summed E-state index contributed by atoms with van der Waals surface area (Å²) < 4.78 is 0. The Labute approximate surface area is 113 Å². The third kappa shape index (κ3) is 6.36. The van der Waals surface area contributed by atoms with Gasteiger partial charge in [0.05, 0.1) is 6.10 Å². The van der Waals surface area contributed by atoms with E-state index in [0.29, 0.717) is 6.42 Å². The zero-order chi connectivity index (χ0) is 14.1. The van der Waals surface area contributed by atoms with E-state index in [-0.39, 0.29) is 0 Å². The van der Waals surface area contributed by atoms with E-state index in [1.807, 2.05) is 18.2 Å². The number of carboxylic acid groups (broad SMARTS) is 1. The second-order valence-corrected chi connectivity index (χ2v) is 4.79. The number of aryl methyl sites for hydroxylation is 1. The van der Waals surface area contributed by atoms with Gasteiger partial charge in [-0.05, 0) is 24.8 Å². The fraction of sp³-hybridized carbons (Fsp3) is 0.533. The molecule has 0 saturated heterocycles. The molecule has 0 aliphatic heterocycles. The van der Waals surface area contributed by atoms with Crippen LogP contribution in [0.15, 0.2) is 30.3 Å². The van der Waals surface area contributed by atoms with Gasteiger partial charge in [0.15, 0.2) is 6.10 Å². The lowest BCUT2D eigenvalue weighted by Gasteiger charge is -2.13. The number of aliphatic carboxylic acids is 1. The monoisotopic (exact) mass is 266 g/mol. The van der Waals surface area contributed by atoms with E-state index in [2.05, 4.69) is 12.1 Å². The second kappa shape index (κ2) is 8.67. The normalized spacial score (nSPS) is 14.0. The van der Waals surface area contributed by atoms with Gasteiger partial charge in [-0.2, -0.15) is 0 Å². The zero-order valence-corrected chi connectivity index (χ0v) is 11.0. The Morgan fingerprint density at radius 1 is 1.00 bits per heavy atom. The molecule has 4 heteroatoms. The number of hydrogen-bond donors (Lipinski definition) is 3. The van der Waals surface area contributed by atoms with E-state index < -0.39 is 18.2 Å². The topological polar surface area (TPSA) is 77.8 Å². The van der Waals surface area contributed by atoms with Crippen LogP contribution in [0.5, 0.6) is 0 Å². The zero-order valence-electron chi connectivity index (χ0n) is 11.0. The number of carbonyl (C=O) groups is 1. The van der Waals surface area contributed by atoms with Crippen molar-refractivity contribution in [3.63, 3.8) is 0 Å². The second-order valence-electron chi connectivity index (χ2n) is 4.79. The maximum Gasteiger partial charge on any atom is 0.335 e. The minimum atomic E-state index is -1.66. The predicted octanol–water partition coefficient (Wildman–Crippen LogP) is 1.99. The van der Waals surface area contributed by atoms with Gasteiger partial charge in [0.25, 0.3) is 0 Å². The van der Waals surface area contributed by atoms with E-state index in [1.165, 1.54) is 5.56 Å². The number of hydrogen-bond acceptors (Lipinski definition) is 3. The fourth-order valence-electron chi connectivity index (χ4n) is 2.00. The summed E-state index contributed by atoms with van der Waals surface area (Å²) in [5.74, 6) is -1.36. The highest BCUT2D eigenvalue weighted by Gasteiger charge is 2.22. The molecule has 19 heavy (non-hydrogen) atoms. The lowest BCUT2D eigenvalue weighted by molar-refractivity contribution is -0.153. The summed E-state index contributed by atoms with van der Waals surface area (Å²) in [7, 11) is 0. The van der Waals surface area contributed by atoms with Crippen LogP contribution in [0, 0.1) is 0 Å². The van der Waals surface area contributed by atoms with E-state index in [1.54, 1.807) is 0 Å². The fourth-order valence-corrected chi connectivity index (χ4v) is 2.00. The van der Waals surface area contributed by atoms with Crippen molar-refractivity contribution in [3.8, 4) is 0 Å². The molecular formula is C15H22O4. The standard InChI is InChI=1S/C15H22O4/c16-13(14(17)15(18)19)11-7-2-1-4-8-12-9-5-3-6-10-12/h3,5-6,9-10,13-14,16-17H,1-2,4,7-8,11H2,(H,18,19). The Morgan fingerprint density at radius 3 is 2.26 bits per heavy atom. The molecule has 2 atom stereocenters. The predicted molar refractivity (Wildman–Crippen MR) is 72.9 cm³/mol. The molecule has 3 N–H and O–H groups in total. The number of aliphatic hydroxyl groups is 2. The van der Waals surface area contributed by atoms with Gasteiger partial charge >= 0.3 is 5.97 Å². The SMILES string of the molecule is O=C(O)C(O)C(O)CCCCCCc1ccccc1. The molecule has 0 fully saturated rings. The molecule has 4 nitrogen and oxygen atoms in total. The maximum absolute atomic E-state index is 10.4. The third-order valence-electron chi connectivity index (χ3n) is 3.18. The highest BCUT2D eigenvalue weighted by Crippen LogP contribution is 2.11. The first-order valence-corrected chi connectivity index (χ1v) is 6.74. The Balaban J connectivity index is 2.04. The van der Waals surface area contributed by atoms with Gasteiger partial charge in [-0.15, -0.1) is 0 Å². The third-order valence-corrected chi connectivity index (χ3v) is 3.18. The molecule has 0 aromatic heterocycles. The highest BCUT2D eigenvalue weighted by molar-refractivity contribution is 5.72. The van der Waals surface area contributed by atoms with E-state index in [0.717, 1.165) is 32.1 Å². The van der Waals surface area contributed by atoms with Crippen molar-refractivity contribution >= 4 is 5.97 Å². The summed E-state index contributed by atoms with van der Waals surface area (Å²) >= 11 is 0. The van der Waals surface area contributed by atoms with Crippen LogP contribution < -0.4 is 0 Å². The molecule has 0 saturated carbocycles. The van der Waals surface area contributed by atoms with Gasteiger partial charge in [-0.25, -0.2) is 4.79 Å². The van der Waals surface area contributed by atoms with Gasteiger partial charge in [0, 0.05) is 0 Å². The summed E-state index contributed by atoms with van der Waals surface area (Å²) in [4.78, 5) is 10.4. The van der Waals surface area contributed by atoms with Crippen molar-refractivity contribution in [2.24, 2.45) is 0 Å². The summed E-state index contributed by atoms with van der Waals surface area (Å²) in [5.41, 5.74) is 1.32. The molecule has 0 bridgehead atoms. The van der Waals surface area contributed by atoms with Crippen molar-refractivity contribution in [3.05, 3.63) is 35.9 Å². The number of benzene rings is 1. The van der Waals surface area contributed by atoms with Crippen molar-refractivity contribution in [2.45, 2.75) is 50.7 Å². The van der Waals surface area contributed by atoms with Gasteiger partial charge in [-0.3, -0.25) is 0 Å². The van der Waals surface area contributed by atoms with Gasteiger partial charge in [0.1, 0.15) is 0 Å². The lowest BCUT2D eigenvalue weighted by atomic mass is 10.0. The largest absolute Gasteiger partial charge is 0.479 e. The van der Waals surface area contributed by atoms with Gasteiger partial charge < -0.3 is 15.3 Å². The van der Waals surface area contributed by atoms with Crippen LogP contribution in [0.2, 0.25) is 0 Å². The van der Waals surface area contributed by atoms with Crippen LogP contribution in [0.1, 0.15) is 37.7 Å². The van der Waals surface area contributed by atoms with Crippen molar-refractivity contribution in [1.29, 1.82) is 0 Å². The molecule has 0 aliphatic carbocycles.